The molecule has 0 saturated heterocycles. The van der Waals surface area contributed by atoms with Crippen LogP contribution in [0.4, 0.5) is 0 Å². The summed E-state index contributed by atoms with van der Waals surface area (Å²) in [6, 6.07) is 0. The van der Waals surface area contributed by atoms with Gasteiger partial charge in [-0.1, -0.05) is 0 Å². The molecule has 0 aromatic rings. The fourth-order valence-corrected chi connectivity index (χ4v) is 0.776. The predicted octanol–water partition coefficient (Wildman–Crippen LogP) is -1.73. The first-order chi connectivity index (χ1) is 6.24. The summed E-state index contributed by atoms with van der Waals surface area (Å²) >= 11 is 0. The second kappa shape index (κ2) is 4.46. The Kier molecular flexibility index (Phi) is 3.27. The van der Waals surface area contributed by atoms with E-state index in [4.69, 9.17) is 4.84 Å². The Morgan fingerprint density at radius 2 is 2.38 bits per heavy atom. The molecule has 0 aromatic carbocycles. The van der Waals surface area contributed by atoms with E-state index >= 15 is 0 Å². The van der Waals surface area contributed by atoms with Crippen LogP contribution >= 0.6 is 0 Å². The normalized spacial score (nSPS) is 19.3. The summed E-state index contributed by atoms with van der Waals surface area (Å²) in [7, 11) is 1.50. The van der Waals surface area contributed by atoms with Crippen LogP contribution in [0.15, 0.2) is 12.3 Å². The van der Waals surface area contributed by atoms with Gasteiger partial charge in [-0.15, -0.1) is 0 Å². The van der Waals surface area contributed by atoms with E-state index in [1.165, 1.54) is 13.2 Å². The molecule has 1 aliphatic heterocycles. The van der Waals surface area contributed by atoms with Crippen LogP contribution in [0.2, 0.25) is 0 Å². The van der Waals surface area contributed by atoms with Gasteiger partial charge < -0.3 is 10.6 Å². The fourth-order valence-electron chi connectivity index (χ4n) is 0.776. The predicted molar refractivity (Wildman–Crippen MR) is 44.2 cm³/mol. The van der Waals surface area contributed by atoms with Crippen LogP contribution < -0.4 is 16.1 Å². The fraction of sp³-hybridized carbons (Fsp3) is 0.429. The number of hydrogen-bond donors (Lipinski definition) is 3. The van der Waals surface area contributed by atoms with Gasteiger partial charge in [0.05, 0.1) is 6.54 Å². The van der Waals surface area contributed by atoms with Crippen molar-refractivity contribution in [2.45, 2.75) is 6.10 Å². The minimum absolute atomic E-state index is 0.0387. The lowest BCUT2D eigenvalue weighted by Gasteiger charge is -2.07. The van der Waals surface area contributed by atoms with Gasteiger partial charge in [0.25, 0.3) is 5.91 Å². The minimum Gasteiger partial charge on any atom is -0.358 e. The maximum atomic E-state index is 11.2. The summed E-state index contributed by atoms with van der Waals surface area (Å²) in [5, 5.41) is 4.79. The van der Waals surface area contributed by atoms with Gasteiger partial charge in [0, 0.05) is 13.2 Å². The second-order valence-corrected chi connectivity index (χ2v) is 2.41. The number of carbonyl (C=O) groups is 2. The second-order valence-electron chi connectivity index (χ2n) is 2.41. The van der Waals surface area contributed by atoms with Gasteiger partial charge in [-0.25, -0.2) is 0 Å². The van der Waals surface area contributed by atoms with Crippen molar-refractivity contribution in [1.29, 1.82) is 0 Å². The van der Waals surface area contributed by atoms with Crippen LogP contribution in [-0.4, -0.2) is 31.5 Å². The third-order valence-corrected chi connectivity index (χ3v) is 1.49. The highest BCUT2D eigenvalue weighted by Crippen LogP contribution is 1.97. The number of hydrogen-bond acceptors (Lipinski definition) is 4. The van der Waals surface area contributed by atoms with Crippen molar-refractivity contribution in [2.75, 3.05) is 13.6 Å². The van der Waals surface area contributed by atoms with Crippen molar-refractivity contribution < 1.29 is 14.4 Å². The summed E-state index contributed by atoms with van der Waals surface area (Å²) < 4.78 is 0. The van der Waals surface area contributed by atoms with E-state index in [1.807, 2.05) is 0 Å². The molecule has 0 spiro atoms. The van der Waals surface area contributed by atoms with Crippen LogP contribution in [-0.2, 0) is 14.4 Å². The number of carbonyl (C=O) groups excluding carboxylic acids is 2. The number of amides is 2. The summed E-state index contributed by atoms with van der Waals surface area (Å²) in [6.07, 6.45) is 2.42. The highest BCUT2D eigenvalue weighted by molar-refractivity contribution is 5.87. The number of rotatable bonds is 3. The first-order valence-corrected chi connectivity index (χ1v) is 3.80. The number of hydroxylamine groups is 1. The Bertz CT molecular complexity index is 239. The lowest BCUT2D eigenvalue weighted by molar-refractivity contribution is -0.133. The molecule has 1 aliphatic rings. The molecule has 0 aromatic heterocycles. The van der Waals surface area contributed by atoms with E-state index in [2.05, 4.69) is 16.1 Å². The van der Waals surface area contributed by atoms with Gasteiger partial charge in [-0.05, 0) is 6.08 Å². The van der Waals surface area contributed by atoms with Crippen LogP contribution in [0.5, 0.6) is 0 Å². The highest BCUT2D eigenvalue weighted by Gasteiger charge is 2.19. The average Bonchev–Trinajstić information content (AvgIpc) is 2.66. The molecule has 2 amide bonds. The largest absolute Gasteiger partial charge is 0.358 e. The molecule has 0 bridgehead atoms. The highest BCUT2D eigenvalue weighted by atomic mass is 16.7. The van der Waals surface area contributed by atoms with Crippen molar-refractivity contribution in [1.82, 2.24) is 16.1 Å². The average molecular weight is 185 g/mol. The van der Waals surface area contributed by atoms with Gasteiger partial charge in [0.15, 0.2) is 6.10 Å². The van der Waals surface area contributed by atoms with Crippen molar-refractivity contribution in [3.05, 3.63) is 12.3 Å². The molecule has 72 valence electrons. The van der Waals surface area contributed by atoms with Gasteiger partial charge in [-0.3, -0.25) is 19.9 Å². The molecule has 3 N–H and O–H groups in total. The molecule has 1 atom stereocenters. The molecule has 0 aliphatic carbocycles. The summed E-state index contributed by atoms with van der Waals surface area (Å²) in [5.74, 6) is -0.590. The Labute approximate surface area is 75.3 Å². The molecule has 0 fully saturated rings. The van der Waals surface area contributed by atoms with Gasteiger partial charge >= 0.3 is 0 Å². The number of nitrogens with one attached hydrogen (secondary N) is 3. The molecule has 0 radical (unpaired) electrons. The van der Waals surface area contributed by atoms with Crippen LogP contribution in [0.25, 0.3) is 0 Å². The van der Waals surface area contributed by atoms with Crippen molar-refractivity contribution in [2.24, 2.45) is 0 Å². The van der Waals surface area contributed by atoms with E-state index in [0.717, 1.165) is 0 Å². The summed E-state index contributed by atoms with van der Waals surface area (Å²) in [5.41, 5.74) is 2.41. The van der Waals surface area contributed by atoms with Gasteiger partial charge in [-0.2, -0.15) is 0 Å². The Hall–Kier alpha value is -1.56. The zero-order chi connectivity index (χ0) is 9.68. The number of likely N-dealkylation sites (N-methyl/N-ethyl adjacent to an activating group) is 1. The van der Waals surface area contributed by atoms with E-state index in [9.17, 15) is 9.59 Å². The Balaban J connectivity index is 2.25. The van der Waals surface area contributed by atoms with Crippen LogP contribution in [0.1, 0.15) is 0 Å². The van der Waals surface area contributed by atoms with Crippen LogP contribution in [0.3, 0.4) is 0 Å². The Morgan fingerprint density at radius 1 is 1.62 bits per heavy atom. The van der Waals surface area contributed by atoms with E-state index in [0.29, 0.717) is 0 Å². The molecule has 0 saturated carbocycles. The topological polar surface area (TPSA) is 79.5 Å². The quantitative estimate of drug-likeness (QED) is 0.488. The molecule has 1 heterocycles. The van der Waals surface area contributed by atoms with Gasteiger partial charge in [0.1, 0.15) is 0 Å². The molecule has 1 unspecified atom stereocenters. The van der Waals surface area contributed by atoms with Crippen molar-refractivity contribution in [3.63, 3.8) is 0 Å². The molecule has 6 nitrogen and oxygen atoms in total. The Morgan fingerprint density at radius 3 is 2.92 bits per heavy atom. The molecular weight excluding hydrogens is 174 g/mol. The maximum Gasteiger partial charge on any atom is 0.256 e. The summed E-state index contributed by atoms with van der Waals surface area (Å²) in [6.45, 7) is -0.0387. The lowest BCUT2D eigenvalue weighted by Crippen LogP contribution is -2.40. The summed E-state index contributed by atoms with van der Waals surface area (Å²) in [4.78, 5) is 26.7. The monoisotopic (exact) mass is 185 g/mol. The zero-order valence-corrected chi connectivity index (χ0v) is 7.16. The molecule has 6 heteroatoms. The zero-order valence-electron chi connectivity index (χ0n) is 7.16. The van der Waals surface area contributed by atoms with Gasteiger partial charge in [0.2, 0.25) is 5.91 Å². The molecule has 13 heavy (non-hydrogen) atoms. The first kappa shape index (κ1) is 9.53. The standard InChI is InChI=1S/C7H11N3O3/c1-8-6(11)4-9-7(12)5-2-3-10-13-5/h2-3,5,10H,4H2,1H3,(H,8,11)(H,9,12). The SMILES string of the molecule is CNC(=O)CNC(=O)C1C=CNO1. The van der Waals surface area contributed by atoms with E-state index in [1.54, 1.807) is 6.08 Å². The first-order valence-electron chi connectivity index (χ1n) is 3.80. The third kappa shape index (κ3) is 2.75. The minimum atomic E-state index is -0.648. The molecule has 1 rings (SSSR count). The van der Waals surface area contributed by atoms with Crippen molar-refractivity contribution >= 4 is 11.8 Å². The van der Waals surface area contributed by atoms with Crippen LogP contribution in [0, 0.1) is 0 Å². The van der Waals surface area contributed by atoms with E-state index in [-0.39, 0.29) is 18.4 Å². The molecular formula is C7H11N3O3. The van der Waals surface area contributed by atoms with E-state index < -0.39 is 6.10 Å². The lowest BCUT2D eigenvalue weighted by atomic mass is 10.3. The smallest absolute Gasteiger partial charge is 0.256 e. The third-order valence-electron chi connectivity index (χ3n) is 1.49. The maximum absolute atomic E-state index is 11.2. The van der Waals surface area contributed by atoms with Crippen molar-refractivity contribution in [3.8, 4) is 0 Å².